The number of nitrogen functional groups attached to an aromatic ring is 1. The minimum Gasteiger partial charge on any atom is -0.368 e. The van der Waals surface area contributed by atoms with Gasteiger partial charge in [0.25, 0.3) is 0 Å². The summed E-state index contributed by atoms with van der Waals surface area (Å²) in [5, 5.41) is 2.77. The van der Waals surface area contributed by atoms with E-state index in [0.717, 1.165) is 0 Å². The van der Waals surface area contributed by atoms with E-state index >= 15 is 0 Å². The maximum Gasteiger partial charge on any atom is 0.227 e. The van der Waals surface area contributed by atoms with Gasteiger partial charge >= 0.3 is 0 Å². The van der Waals surface area contributed by atoms with Crippen LogP contribution >= 0.6 is 0 Å². The summed E-state index contributed by atoms with van der Waals surface area (Å²) in [6.07, 6.45) is 0. The SMILES string of the molecule is CNc1nc(C)nc(N)n1. The standard InChI is InChI=1S/C5H9N5/c1-3-8-4(6)10-5(7-2)9-3/h1-2H3,(H3,6,7,8,9,10). The molecule has 0 fully saturated rings. The van der Waals surface area contributed by atoms with Crippen molar-refractivity contribution in [2.24, 2.45) is 0 Å². The molecule has 5 nitrogen and oxygen atoms in total. The number of anilines is 2. The summed E-state index contributed by atoms with van der Waals surface area (Å²) in [5.41, 5.74) is 5.33. The van der Waals surface area contributed by atoms with Gasteiger partial charge in [-0.05, 0) is 6.92 Å². The Balaban J connectivity index is 3.06. The van der Waals surface area contributed by atoms with E-state index in [9.17, 15) is 0 Å². The summed E-state index contributed by atoms with van der Waals surface area (Å²) in [7, 11) is 1.73. The van der Waals surface area contributed by atoms with Gasteiger partial charge in [0.2, 0.25) is 11.9 Å². The molecule has 1 rings (SSSR count). The summed E-state index contributed by atoms with van der Waals surface area (Å²) < 4.78 is 0. The Morgan fingerprint density at radius 3 is 2.50 bits per heavy atom. The molecule has 3 N–H and O–H groups in total. The molecule has 0 atom stereocenters. The van der Waals surface area contributed by atoms with Crippen LogP contribution in [-0.4, -0.2) is 22.0 Å². The maximum atomic E-state index is 5.33. The van der Waals surface area contributed by atoms with E-state index < -0.39 is 0 Å². The first-order valence-corrected chi connectivity index (χ1v) is 2.88. The molecule has 5 heteroatoms. The van der Waals surface area contributed by atoms with Crippen molar-refractivity contribution in [3.63, 3.8) is 0 Å². The van der Waals surface area contributed by atoms with Gasteiger partial charge in [-0.1, -0.05) is 0 Å². The van der Waals surface area contributed by atoms with Crippen molar-refractivity contribution in [2.75, 3.05) is 18.1 Å². The van der Waals surface area contributed by atoms with Crippen molar-refractivity contribution in [2.45, 2.75) is 6.92 Å². The van der Waals surface area contributed by atoms with Gasteiger partial charge in [0.1, 0.15) is 5.82 Å². The lowest BCUT2D eigenvalue weighted by atomic mass is 10.7. The predicted molar refractivity (Wildman–Crippen MR) is 38.5 cm³/mol. The van der Waals surface area contributed by atoms with Crippen LogP contribution in [0.5, 0.6) is 0 Å². The fraction of sp³-hybridized carbons (Fsp3) is 0.400. The van der Waals surface area contributed by atoms with Gasteiger partial charge in [-0.25, -0.2) is 0 Å². The first-order chi connectivity index (χ1) is 4.72. The second-order valence-electron chi connectivity index (χ2n) is 1.81. The Morgan fingerprint density at radius 1 is 1.30 bits per heavy atom. The molecule has 10 heavy (non-hydrogen) atoms. The lowest BCUT2D eigenvalue weighted by Crippen LogP contribution is -2.04. The molecule has 0 bridgehead atoms. The zero-order valence-corrected chi connectivity index (χ0v) is 5.92. The molecule has 0 radical (unpaired) electrons. The molecular weight excluding hydrogens is 130 g/mol. The van der Waals surface area contributed by atoms with E-state index in [1.807, 2.05) is 0 Å². The Hall–Kier alpha value is -1.39. The van der Waals surface area contributed by atoms with Gasteiger partial charge in [-0.2, -0.15) is 15.0 Å². The quantitative estimate of drug-likeness (QED) is 0.563. The molecule has 0 aromatic carbocycles. The largest absolute Gasteiger partial charge is 0.368 e. The summed E-state index contributed by atoms with van der Waals surface area (Å²) in [6.45, 7) is 1.76. The van der Waals surface area contributed by atoms with Gasteiger partial charge in [0.15, 0.2) is 0 Å². The number of aryl methyl sites for hydroxylation is 1. The number of nitrogens with two attached hydrogens (primary N) is 1. The molecule has 0 unspecified atom stereocenters. The van der Waals surface area contributed by atoms with E-state index in [1.54, 1.807) is 14.0 Å². The second-order valence-corrected chi connectivity index (χ2v) is 1.81. The van der Waals surface area contributed by atoms with Crippen molar-refractivity contribution < 1.29 is 0 Å². The van der Waals surface area contributed by atoms with Crippen molar-refractivity contribution in [3.8, 4) is 0 Å². The Morgan fingerprint density at radius 2 is 2.00 bits per heavy atom. The van der Waals surface area contributed by atoms with E-state index in [4.69, 9.17) is 5.73 Å². The van der Waals surface area contributed by atoms with Gasteiger partial charge in [-0.3, -0.25) is 0 Å². The fourth-order valence-electron chi connectivity index (χ4n) is 0.614. The first kappa shape index (κ1) is 6.73. The third-order valence-corrected chi connectivity index (χ3v) is 0.988. The van der Waals surface area contributed by atoms with Crippen LogP contribution in [0, 0.1) is 6.92 Å². The molecule has 0 aliphatic carbocycles. The molecule has 0 saturated carbocycles. The average Bonchev–Trinajstić information content (AvgIpc) is 1.85. The van der Waals surface area contributed by atoms with E-state index in [0.29, 0.717) is 11.8 Å². The van der Waals surface area contributed by atoms with Gasteiger partial charge in [0.05, 0.1) is 0 Å². The first-order valence-electron chi connectivity index (χ1n) is 2.88. The molecule has 0 spiro atoms. The van der Waals surface area contributed by atoms with Crippen molar-refractivity contribution in [1.82, 2.24) is 15.0 Å². The minimum atomic E-state index is 0.247. The monoisotopic (exact) mass is 139 g/mol. The van der Waals surface area contributed by atoms with Crippen LogP contribution in [0.15, 0.2) is 0 Å². The van der Waals surface area contributed by atoms with E-state index in [-0.39, 0.29) is 5.95 Å². The van der Waals surface area contributed by atoms with E-state index in [2.05, 4.69) is 20.3 Å². The zero-order valence-electron chi connectivity index (χ0n) is 5.92. The molecule has 54 valence electrons. The summed E-state index contributed by atoms with van der Waals surface area (Å²) in [5.74, 6) is 1.37. The molecular formula is C5H9N5. The maximum absolute atomic E-state index is 5.33. The third kappa shape index (κ3) is 1.31. The molecule has 1 heterocycles. The lowest BCUT2D eigenvalue weighted by molar-refractivity contribution is 0.990. The zero-order chi connectivity index (χ0) is 7.56. The van der Waals surface area contributed by atoms with Gasteiger partial charge in [-0.15, -0.1) is 0 Å². The number of hydrogen-bond acceptors (Lipinski definition) is 5. The Bertz CT molecular complexity index is 213. The summed E-state index contributed by atoms with van der Waals surface area (Å²) in [6, 6.07) is 0. The number of hydrogen-bond donors (Lipinski definition) is 2. The topological polar surface area (TPSA) is 76.7 Å². The molecule has 0 saturated heterocycles. The predicted octanol–water partition coefficient (Wildman–Crippen LogP) is -0.196. The van der Waals surface area contributed by atoms with Crippen molar-refractivity contribution >= 4 is 11.9 Å². The van der Waals surface area contributed by atoms with Gasteiger partial charge in [0, 0.05) is 7.05 Å². The Labute approximate surface area is 58.7 Å². The highest BCUT2D eigenvalue weighted by Gasteiger charge is 1.95. The Kier molecular flexibility index (Phi) is 1.66. The molecule has 0 amide bonds. The summed E-state index contributed by atoms with van der Waals surface area (Å²) in [4.78, 5) is 11.5. The highest BCUT2D eigenvalue weighted by Crippen LogP contribution is 1.98. The van der Waals surface area contributed by atoms with Crippen LogP contribution in [0.4, 0.5) is 11.9 Å². The number of rotatable bonds is 1. The lowest BCUT2D eigenvalue weighted by Gasteiger charge is -1.98. The summed E-state index contributed by atoms with van der Waals surface area (Å²) >= 11 is 0. The molecule has 0 aliphatic heterocycles. The average molecular weight is 139 g/mol. The smallest absolute Gasteiger partial charge is 0.227 e. The second kappa shape index (κ2) is 2.47. The number of nitrogens with one attached hydrogen (secondary N) is 1. The third-order valence-electron chi connectivity index (χ3n) is 0.988. The fourth-order valence-corrected chi connectivity index (χ4v) is 0.614. The van der Waals surface area contributed by atoms with Crippen LogP contribution in [-0.2, 0) is 0 Å². The highest BCUT2D eigenvalue weighted by molar-refractivity contribution is 5.29. The van der Waals surface area contributed by atoms with Crippen LogP contribution in [0.3, 0.4) is 0 Å². The van der Waals surface area contributed by atoms with Gasteiger partial charge < -0.3 is 11.1 Å². The van der Waals surface area contributed by atoms with Crippen LogP contribution in [0.25, 0.3) is 0 Å². The van der Waals surface area contributed by atoms with Crippen LogP contribution < -0.4 is 11.1 Å². The molecule has 1 aromatic heterocycles. The number of nitrogens with zero attached hydrogens (tertiary/aromatic N) is 3. The van der Waals surface area contributed by atoms with Crippen LogP contribution in [0.1, 0.15) is 5.82 Å². The number of aromatic nitrogens is 3. The van der Waals surface area contributed by atoms with Crippen LogP contribution in [0.2, 0.25) is 0 Å². The molecule has 1 aromatic rings. The van der Waals surface area contributed by atoms with Crippen molar-refractivity contribution in [1.29, 1.82) is 0 Å². The normalized spacial score (nSPS) is 9.40. The highest BCUT2D eigenvalue weighted by atomic mass is 15.2. The molecule has 0 aliphatic rings. The van der Waals surface area contributed by atoms with E-state index in [1.165, 1.54) is 0 Å². The van der Waals surface area contributed by atoms with Crippen molar-refractivity contribution in [3.05, 3.63) is 5.82 Å². The minimum absolute atomic E-state index is 0.247.